The Kier molecular flexibility index (Phi) is 7.46. The summed E-state index contributed by atoms with van der Waals surface area (Å²) in [5.74, 6) is 1.54. The summed E-state index contributed by atoms with van der Waals surface area (Å²) < 4.78 is 1.02. The van der Waals surface area contributed by atoms with Gasteiger partial charge in [0.25, 0.3) is 5.91 Å². The maximum absolute atomic E-state index is 13.1. The lowest BCUT2D eigenvalue weighted by atomic mass is 9.81. The van der Waals surface area contributed by atoms with Gasteiger partial charge in [0.15, 0.2) is 0 Å². The number of rotatable bonds is 6. The molecule has 1 saturated carbocycles. The molecule has 180 valence electrons. The lowest BCUT2D eigenvalue weighted by molar-refractivity contribution is 0.0794. The number of aliphatic hydroxyl groups is 1. The standard InChI is InChI=1S/C24H33BN4O2P2S/c1-4-13-5-7-14(8-6-13)21-28-18-11-15(23(2,3)31)17(12-19(18)34-21)27-20(30)16-9-10-26-22(29-16)24(25,32)33/h9-14,31H,4-8,25,32-33H2,1-3H3,(H,27,30). The van der Waals surface area contributed by atoms with E-state index in [1.165, 1.54) is 32.1 Å². The van der Waals surface area contributed by atoms with E-state index in [-0.39, 0.29) is 11.6 Å². The molecule has 2 atom stereocenters. The van der Waals surface area contributed by atoms with Gasteiger partial charge >= 0.3 is 0 Å². The van der Waals surface area contributed by atoms with E-state index in [9.17, 15) is 9.90 Å². The van der Waals surface area contributed by atoms with Crippen molar-refractivity contribution in [1.82, 2.24) is 15.0 Å². The number of aromatic nitrogens is 3. The van der Waals surface area contributed by atoms with Gasteiger partial charge in [-0.15, -0.1) is 29.8 Å². The van der Waals surface area contributed by atoms with Gasteiger partial charge in [-0.05, 0) is 63.6 Å². The molecule has 34 heavy (non-hydrogen) atoms. The average Bonchev–Trinajstić information content (AvgIpc) is 3.20. The lowest BCUT2D eigenvalue weighted by Gasteiger charge is -2.26. The minimum absolute atomic E-state index is 0.278. The molecule has 1 fully saturated rings. The van der Waals surface area contributed by atoms with E-state index < -0.39 is 10.4 Å². The number of benzene rings is 1. The van der Waals surface area contributed by atoms with E-state index in [4.69, 9.17) is 4.98 Å². The van der Waals surface area contributed by atoms with Gasteiger partial charge in [-0.2, -0.15) is 0 Å². The fourth-order valence-electron chi connectivity index (χ4n) is 4.52. The van der Waals surface area contributed by atoms with E-state index >= 15 is 0 Å². The van der Waals surface area contributed by atoms with E-state index in [0.717, 1.165) is 21.1 Å². The Morgan fingerprint density at radius 3 is 2.56 bits per heavy atom. The SMILES string of the molecule is BC(P)(P)c1nccc(C(=O)Nc2cc3sc(C4CCC(CC)CC4)nc3cc2C(C)(C)O)n1. The monoisotopic (exact) mass is 514 g/mol. The van der Waals surface area contributed by atoms with Crippen LogP contribution in [0.4, 0.5) is 5.69 Å². The van der Waals surface area contributed by atoms with Gasteiger partial charge in [-0.3, -0.25) is 4.79 Å². The quantitative estimate of drug-likeness (QED) is 0.367. The molecule has 2 heterocycles. The first-order valence-electron chi connectivity index (χ1n) is 11.9. The average molecular weight is 514 g/mol. The fourth-order valence-corrected chi connectivity index (χ4v) is 5.96. The number of carbonyl (C=O) groups is 1. The van der Waals surface area contributed by atoms with Crippen LogP contribution in [-0.4, -0.2) is 33.8 Å². The molecule has 1 aliphatic carbocycles. The Morgan fingerprint density at radius 2 is 1.94 bits per heavy atom. The third kappa shape index (κ3) is 5.67. The molecule has 0 saturated heterocycles. The van der Waals surface area contributed by atoms with Crippen molar-refractivity contribution in [2.75, 3.05) is 5.32 Å². The van der Waals surface area contributed by atoms with E-state index in [0.29, 0.717) is 23.0 Å². The summed E-state index contributed by atoms with van der Waals surface area (Å²) >= 11 is 1.70. The van der Waals surface area contributed by atoms with Crippen LogP contribution in [0.2, 0.25) is 0 Å². The zero-order chi connectivity index (χ0) is 24.7. The highest BCUT2D eigenvalue weighted by Gasteiger charge is 2.27. The normalized spacial score (nSPS) is 19.4. The van der Waals surface area contributed by atoms with Crippen LogP contribution in [0.5, 0.6) is 0 Å². The topological polar surface area (TPSA) is 88.0 Å². The summed E-state index contributed by atoms with van der Waals surface area (Å²) in [6, 6.07) is 5.45. The Hall–Kier alpha value is -1.46. The molecule has 2 N–H and O–H groups in total. The second kappa shape index (κ2) is 9.89. The number of hydrogen-bond acceptors (Lipinski definition) is 6. The zero-order valence-corrected chi connectivity index (χ0v) is 23.4. The highest BCUT2D eigenvalue weighted by molar-refractivity contribution is 7.43. The van der Waals surface area contributed by atoms with Crippen LogP contribution in [0, 0.1) is 5.92 Å². The Bertz CT molecular complexity index is 1200. The molecule has 0 aliphatic heterocycles. The van der Waals surface area contributed by atoms with Gasteiger partial charge in [0.05, 0.1) is 20.8 Å². The third-order valence-corrected chi connectivity index (χ3v) is 8.29. The smallest absolute Gasteiger partial charge is 0.274 e. The molecule has 0 radical (unpaired) electrons. The molecule has 1 aromatic carbocycles. The van der Waals surface area contributed by atoms with Gasteiger partial charge in [-0.25, -0.2) is 15.0 Å². The Labute approximate surface area is 211 Å². The van der Waals surface area contributed by atoms with Crippen LogP contribution in [0.1, 0.15) is 85.7 Å². The molecule has 1 aliphatic rings. The second-order valence-electron chi connectivity index (χ2n) is 10.1. The zero-order valence-electron chi connectivity index (χ0n) is 20.3. The highest BCUT2D eigenvalue weighted by atomic mass is 32.1. The van der Waals surface area contributed by atoms with Gasteiger partial charge in [0.1, 0.15) is 19.4 Å². The molecule has 0 spiro atoms. The molecular formula is C24H33BN4O2P2S. The Balaban J connectivity index is 1.66. The number of hydrogen-bond donors (Lipinski definition) is 2. The van der Waals surface area contributed by atoms with Crippen LogP contribution < -0.4 is 5.32 Å². The number of nitrogens with one attached hydrogen (secondary N) is 1. The van der Waals surface area contributed by atoms with Crippen LogP contribution >= 0.6 is 29.8 Å². The number of anilines is 1. The molecule has 10 heteroatoms. The summed E-state index contributed by atoms with van der Waals surface area (Å²) in [6.07, 6.45) is 7.74. The number of nitrogens with zero attached hydrogens (tertiary/aromatic N) is 3. The predicted octanol–water partition coefficient (Wildman–Crippen LogP) is 4.74. The van der Waals surface area contributed by atoms with Crippen molar-refractivity contribution in [1.29, 1.82) is 0 Å². The third-order valence-electron chi connectivity index (χ3n) is 6.59. The van der Waals surface area contributed by atoms with Gasteiger partial charge < -0.3 is 10.4 Å². The Morgan fingerprint density at radius 1 is 1.24 bits per heavy atom. The molecule has 1 amide bonds. The van der Waals surface area contributed by atoms with Crippen molar-refractivity contribution < 1.29 is 9.90 Å². The largest absolute Gasteiger partial charge is 0.386 e. The number of carbonyl (C=O) groups excluding carboxylic acids is 1. The number of amides is 1. The molecule has 6 nitrogen and oxygen atoms in total. The van der Waals surface area contributed by atoms with Crippen molar-refractivity contribution in [2.45, 2.75) is 69.2 Å². The summed E-state index contributed by atoms with van der Waals surface area (Å²) in [5, 5.41) is 15.0. The van der Waals surface area contributed by atoms with Crippen LogP contribution in [0.15, 0.2) is 24.4 Å². The van der Waals surface area contributed by atoms with Crippen molar-refractivity contribution in [3.63, 3.8) is 0 Å². The van der Waals surface area contributed by atoms with Gasteiger partial charge in [0.2, 0.25) is 0 Å². The van der Waals surface area contributed by atoms with Crippen molar-refractivity contribution in [2.24, 2.45) is 5.92 Å². The summed E-state index contributed by atoms with van der Waals surface area (Å²) in [4.78, 5) is 26.3. The second-order valence-corrected chi connectivity index (χ2v) is 14.2. The van der Waals surface area contributed by atoms with Crippen molar-refractivity contribution >= 4 is 59.5 Å². The maximum atomic E-state index is 13.1. The lowest BCUT2D eigenvalue weighted by Crippen LogP contribution is -2.22. The van der Waals surface area contributed by atoms with E-state index in [1.807, 2.05) is 20.0 Å². The van der Waals surface area contributed by atoms with Crippen LogP contribution in [-0.2, 0) is 10.4 Å². The van der Waals surface area contributed by atoms with Gasteiger partial charge in [-0.1, -0.05) is 13.3 Å². The summed E-state index contributed by atoms with van der Waals surface area (Å²) in [6.45, 7) is 5.72. The van der Waals surface area contributed by atoms with Crippen molar-refractivity contribution in [3.8, 4) is 0 Å². The highest BCUT2D eigenvalue weighted by Crippen LogP contribution is 2.41. The fraction of sp³-hybridized carbons (Fsp3) is 0.500. The molecule has 0 bridgehead atoms. The number of thiazole rings is 1. The minimum Gasteiger partial charge on any atom is -0.386 e. The minimum atomic E-state index is -1.14. The number of fused-ring (bicyclic) bond motifs is 1. The first-order valence-corrected chi connectivity index (χ1v) is 13.8. The molecular weight excluding hydrogens is 481 g/mol. The summed E-state index contributed by atoms with van der Waals surface area (Å²) in [7, 11) is 7.26. The molecule has 2 aromatic heterocycles. The van der Waals surface area contributed by atoms with Crippen LogP contribution in [0.3, 0.4) is 0 Å². The maximum Gasteiger partial charge on any atom is 0.274 e. The van der Waals surface area contributed by atoms with Crippen LogP contribution in [0.25, 0.3) is 10.2 Å². The van der Waals surface area contributed by atoms with Gasteiger partial charge in [0, 0.05) is 28.2 Å². The predicted molar refractivity (Wildman–Crippen MR) is 149 cm³/mol. The van der Waals surface area contributed by atoms with Crippen molar-refractivity contribution in [3.05, 3.63) is 46.5 Å². The summed E-state index contributed by atoms with van der Waals surface area (Å²) in [5.41, 5.74) is 1.22. The molecule has 2 unspecified atom stereocenters. The first-order chi connectivity index (χ1) is 16.0. The first kappa shape index (κ1) is 25.6. The molecule has 4 rings (SSSR count). The van der Waals surface area contributed by atoms with E-state index in [1.54, 1.807) is 37.4 Å². The van der Waals surface area contributed by atoms with E-state index in [2.05, 4.69) is 40.7 Å². The molecule has 3 aromatic rings.